The Morgan fingerprint density at radius 2 is 2.04 bits per heavy atom. The summed E-state index contributed by atoms with van der Waals surface area (Å²) in [6.07, 6.45) is 1.75. The van der Waals surface area contributed by atoms with Crippen LogP contribution in [0, 0.1) is 13.8 Å². The Hall–Kier alpha value is -2.46. The van der Waals surface area contributed by atoms with E-state index in [0.717, 1.165) is 35.0 Å². The fourth-order valence-electron chi connectivity index (χ4n) is 3.76. The lowest BCUT2D eigenvalue weighted by Crippen LogP contribution is -2.33. The number of rotatable bonds is 3. The van der Waals surface area contributed by atoms with Crippen LogP contribution in [0.15, 0.2) is 39.5 Å². The number of fused-ring (bicyclic) bond motifs is 3. The van der Waals surface area contributed by atoms with Crippen molar-refractivity contribution < 1.29 is 9.15 Å². The Morgan fingerprint density at radius 3 is 2.81 bits per heavy atom. The monoisotopic (exact) mass is 383 g/mol. The first-order chi connectivity index (χ1) is 13.0. The SMILES string of the molecule is CCCc1cc(=O)oc2c3c(c(Cl)cc12)OCN(c1cccc(C)c1C)C3. The molecule has 27 heavy (non-hydrogen) atoms. The van der Waals surface area contributed by atoms with Gasteiger partial charge in [0.05, 0.1) is 17.1 Å². The first-order valence-corrected chi connectivity index (χ1v) is 9.59. The van der Waals surface area contributed by atoms with Crippen LogP contribution in [0.25, 0.3) is 11.0 Å². The van der Waals surface area contributed by atoms with Crippen molar-refractivity contribution in [3.05, 3.63) is 68.0 Å². The van der Waals surface area contributed by atoms with Gasteiger partial charge in [-0.05, 0) is 49.1 Å². The Balaban J connectivity index is 1.89. The number of ether oxygens (including phenoxy) is 1. The fourth-order valence-corrected chi connectivity index (χ4v) is 4.04. The van der Waals surface area contributed by atoms with Gasteiger partial charge < -0.3 is 14.1 Å². The van der Waals surface area contributed by atoms with Crippen molar-refractivity contribution in [3.8, 4) is 5.75 Å². The lowest BCUT2D eigenvalue weighted by atomic mass is 10.0. The van der Waals surface area contributed by atoms with E-state index in [1.165, 1.54) is 11.1 Å². The molecule has 4 rings (SSSR count). The van der Waals surface area contributed by atoms with Gasteiger partial charge >= 0.3 is 5.63 Å². The van der Waals surface area contributed by atoms with Gasteiger partial charge in [-0.1, -0.05) is 37.1 Å². The number of hydrogen-bond acceptors (Lipinski definition) is 4. The second-order valence-corrected chi connectivity index (χ2v) is 7.48. The van der Waals surface area contributed by atoms with Crippen LogP contribution in [0.3, 0.4) is 0 Å². The highest BCUT2D eigenvalue weighted by Crippen LogP contribution is 2.41. The molecule has 140 valence electrons. The number of benzene rings is 2. The molecular weight excluding hydrogens is 362 g/mol. The van der Waals surface area contributed by atoms with Gasteiger partial charge in [-0.2, -0.15) is 0 Å². The molecule has 2 aromatic carbocycles. The molecule has 0 saturated heterocycles. The second-order valence-electron chi connectivity index (χ2n) is 7.07. The van der Waals surface area contributed by atoms with E-state index in [-0.39, 0.29) is 5.63 Å². The molecule has 0 unspecified atom stereocenters. The van der Waals surface area contributed by atoms with E-state index >= 15 is 0 Å². The van der Waals surface area contributed by atoms with Gasteiger partial charge in [0.25, 0.3) is 0 Å². The van der Waals surface area contributed by atoms with E-state index < -0.39 is 0 Å². The summed E-state index contributed by atoms with van der Waals surface area (Å²) in [6, 6.07) is 9.66. The van der Waals surface area contributed by atoms with Gasteiger partial charge in [-0.25, -0.2) is 4.79 Å². The lowest BCUT2D eigenvalue weighted by Gasteiger charge is -2.33. The minimum Gasteiger partial charge on any atom is -0.471 e. The summed E-state index contributed by atoms with van der Waals surface area (Å²) in [6.45, 7) is 7.28. The van der Waals surface area contributed by atoms with E-state index in [9.17, 15) is 4.79 Å². The van der Waals surface area contributed by atoms with Crippen molar-refractivity contribution in [2.75, 3.05) is 11.6 Å². The summed E-state index contributed by atoms with van der Waals surface area (Å²) in [4.78, 5) is 14.3. The quantitative estimate of drug-likeness (QED) is 0.570. The van der Waals surface area contributed by atoms with Crippen molar-refractivity contribution in [2.45, 2.75) is 40.2 Å². The summed E-state index contributed by atoms with van der Waals surface area (Å²) in [5, 5.41) is 1.45. The highest BCUT2D eigenvalue weighted by atomic mass is 35.5. The minimum atomic E-state index is -0.334. The molecule has 1 aromatic heterocycles. The zero-order valence-electron chi connectivity index (χ0n) is 15.8. The Morgan fingerprint density at radius 1 is 1.22 bits per heavy atom. The highest BCUT2D eigenvalue weighted by Gasteiger charge is 2.26. The number of halogens is 1. The van der Waals surface area contributed by atoms with Crippen LogP contribution in [-0.2, 0) is 13.0 Å². The van der Waals surface area contributed by atoms with Crippen molar-refractivity contribution in [3.63, 3.8) is 0 Å². The van der Waals surface area contributed by atoms with Crippen LogP contribution in [-0.4, -0.2) is 6.73 Å². The van der Waals surface area contributed by atoms with E-state index in [4.69, 9.17) is 20.8 Å². The number of anilines is 1. The van der Waals surface area contributed by atoms with E-state index in [1.807, 2.05) is 12.1 Å². The average molecular weight is 384 g/mol. The van der Waals surface area contributed by atoms with Crippen LogP contribution >= 0.6 is 11.6 Å². The molecule has 3 aromatic rings. The molecule has 0 spiro atoms. The molecule has 1 aliphatic heterocycles. The predicted molar refractivity (Wildman–Crippen MR) is 109 cm³/mol. The number of nitrogens with zero attached hydrogens (tertiary/aromatic N) is 1. The third-order valence-corrected chi connectivity index (χ3v) is 5.55. The highest BCUT2D eigenvalue weighted by molar-refractivity contribution is 6.33. The Kier molecular flexibility index (Phi) is 4.60. The number of aryl methyl sites for hydroxylation is 2. The topological polar surface area (TPSA) is 42.7 Å². The largest absolute Gasteiger partial charge is 0.471 e. The van der Waals surface area contributed by atoms with Crippen molar-refractivity contribution in [1.82, 2.24) is 0 Å². The lowest BCUT2D eigenvalue weighted by molar-refractivity contribution is 0.289. The van der Waals surface area contributed by atoms with Gasteiger partial charge in [-0.15, -0.1) is 0 Å². The standard InChI is InChI=1S/C22H22ClNO3/c1-4-6-15-9-20(25)27-21-16(15)10-18(23)22-17(21)11-24(12-26-22)19-8-5-7-13(2)14(19)3/h5,7-10H,4,6,11-12H2,1-3H3. The zero-order chi connectivity index (χ0) is 19.1. The van der Waals surface area contributed by atoms with Crippen LogP contribution < -0.4 is 15.3 Å². The van der Waals surface area contributed by atoms with Gasteiger partial charge in [-0.3, -0.25) is 0 Å². The third kappa shape index (κ3) is 3.08. The summed E-state index contributed by atoms with van der Waals surface area (Å²) >= 11 is 6.52. The Labute approximate surface area is 163 Å². The van der Waals surface area contributed by atoms with Gasteiger partial charge in [0.15, 0.2) is 6.73 Å². The van der Waals surface area contributed by atoms with Gasteiger partial charge in [0, 0.05) is 17.1 Å². The molecule has 0 N–H and O–H groups in total. The fraction of sp³-hybridized carbons (Fsp3) is 0.318. The molecule has 0 atom stereocenters. The van der Waals surface area contributed by atoms with Crippen molar-refractivity contribution >= 4 is 28.3 Å². The van der Waals surface area contributed by atoms with E-state index in [0.29, 0.717) is 29.6 Å². The van der Waals surface area contributed by atoms with Gasteiger partial charge in [0.1, 0.15) is 11.3 Å². The smallest absolute Gasteiger partial charge is 0.336 e. The molecule has 4 nitrogen and oxygen atoms in total. The maximum Gasteiger partial charge on any atom is 0.336 e. The summed E-state index contributed by atoms with van der Waals surface area (Å²) in [5.74, 6) is 0.613. The first kappa shape index (κ1) is 17.9. The predicted octanol–water partition coefficient (Wildman–Crippen LogP) is 5.37. The minimum absolute atomic E-state index is 0.334. The van der Waals surface area contributed by atoms with Gasteiger partial charge in [0.2, 0.25) is 0 Å². The van der Waals surface area contributed by atoms with Crippen LogP contribution in [0.5, 0.6) is 5.75 Å². The molecule has 1 aliphatic rings. The summed E-state index contributed by atoms with van der Waals surface area (Å²) in [5.41, 5.74) is 5.60. The Bertz CT molecular complexity index is 1090. The summed E-state index contributed by atoms with van der Waals surface area (Å²) in [7, 11) is 0. The molecule has 2 heterocycles. The molecule has 0 bridgehead atoms. The molecular formula is C22H22ClNO3. The average Bonchev–Trinajstić information content (AvgIpc) is 2.65. The van der Waals surface area contributed by atoms with Crippen LogP contribution in [0.1, 0.15) is 35.6 Å². The summed E-state index contributed by atoms with van der Waals surface area (Å²) < 4.78 is 11.6. The molecule has 0 amide bonds. The van der Waals surface area contributed by atoms with E-state index in [1.54, 1.807) is 6.07 Å². The molecule has 0 radical (unpaired) electrons. The van der Waals surface area contributed by atoms with Crippen LogP contribution in [0.2, 0.25) is 5.02 Å². The molecule has 5 heteroatoms. The van der Waals surface area contributed by atoms with Crippen molar-refractivity contribution in [1.29, 1.82) is 0 Å². The van der Waals surface area contributed by atoms with E-state index in [2.05, 4.69) is 37.8 Å². The first-order valence-electron chi connectivity index (χ1n) is 9.21. The maximum absolute atomic E-state index is 12.1. The maximum atomic E-state index is 12.1. The third-order valence-electron chi connectivity index (χ3n) is 5.27. The zero-order valence-corrected chi connectivity index (χ0v) is 16.5. The molecule has 0 aliphatic carbocycles. The molecule has 0 fully saturated rings. The van der Waals surface area contributed by atoms with Crippen molar-refractivity contribution in [2.24, 2.45) is 0 Å². The van der Waals surface area contributed by atoms with Crippen LogP contribution in [0.4, 0.5) is 5.69 Å². The second kappa shape index (κ2) is 6.93. The number of hydrogen-bond donors (Lipinski definition) is 0. The normalized spacial score (nSPS) is 13.6. The molecule has 0 saturated carbocycles.